The summed E-state index contributed by atoms with van der Waals surface area (Å²) in [4.78, 5) is 24.5. The van der Waals surface area contributed by atoms with Crippen LogP contribution >= 0.6 is 27.7 Å². The number of benzene rings is 2. The van der Waals surface area contributed by atoms with Gasteiger partial charge < -0.3 is 10.1 Å². The molecule has 0 aromatic heterocycles. The predicted octanol–water partition coefficient (Wildman–Crippen LogP) is 4.51. The number of hydrogen-bond acceptors (Lipinski definition) is 4. The average Bonchev–Trinajstić information content (AvgIpc) is 2.61. The molecule has 2 aromatic carbocycles. The van der Waals surface area contributed by atoms with Gasteiger partial charge in [0.15, 0.2) is 6.61 Å². The predicted molar refractivity (Wildman–Crippen MR) is 101 cm³/mol. The van der Waals surface area contributed by atoms with E-state index in [4.69, 9.17) is 4.74 Å². The van der Waals surface area contributed by atoms with E-state index in [-0.39, 0.29) is 5.56 Å². The zero-order valence-electron chi connectivity index (χ0n) is 13.3. The minimum absolute atomic E-state index is 0.240. The lowest BCUT2D eigenvalue weighted by molar-refractivity contribution is -0.142. The molecule has 4 nitrogen and oxygen atoms in total. The maximum Gasteiger partial charge on any atom is 0.331 e. The number of amides is 1. The topological polar surface area (TPSA) is 55.4 Å². The van der Waals surface area contributed by atoms with Crippen LogP contribution in [0.2, 0.25) is 0 Å². The van der Waals surface area contributed by atoms with Crippen LogP contribution in [0.3, 0.4) is 0 Å². The van der Waals surface area contributed by atoms with Gasteiger partial charge in [0, 0.05) is 26.7 Å². The molecule has 0 fully saturated rings. The van der Waals surface area contributed by atoms with Gasteiger partial charge in [-0.15, -0.1) is 11.8 Å². The van der Waals surface area contributed by atoms with Gasteiger partial charge in [0.25, 0.3) is 5.91 Å². The van der Waals surface area contributed by atoms with E-state index in [1.54, 1.807) is 23.9 Å². The van der Waals surface area contributed by atoms with Crippen LogP contribution in [0.25, 0.3) is 6.08 Å². The summed E-state index contributed by atoms with van der Waals surface area (Å²) in [6.07, 6.45) is 4.30. The Morgan fingerprint density at radius 3 is 2.84 bits per heavy atom. The summed E-state index contributed by atoms with van der Waals surface area (Å²) in [6.45, 7) is -0.423. The van der Waals surface area contributed by atoms with Crippen molar-refractivity contribution in [3.63, 3.8) is 0 Å². The van der Waals surface area contributed by atoms with Crippen LogP contribution in [0, 0.1) is 5.82 Å². The number of hydrogen-bond donors (Lipinski definition) is 1. The van der Waals surface area contributed by atoms with Gasteiger partial charge in [0.05, 0.1) is 0 Å². The van der Waals surface area contributed by atoms with Gasteiger partial charge in [-0.05, 0) is 48.7 Å². The smallest absolute Gasteiger partial charge is 0.331 e. The van der Waals surface area contributed by atoms with Gasteiger partial charge >= 0.3 is 5.97 Å². The SMILES string of the molecule is CSc1cccc(NC(=O)COC(=O)/C=C/c2cc(Br)ccc2F)c1. The van der Waals surface area contributed by atoms with E-state index in [0.29, 0.717) is 10.2 Å². The summed E-state index contributed by atoms with van der Waals surface area (Å²) in [7, 11) is 0. The number of nitrogens with one attached hydrogen (secondary N) is 1. The summed E-state index contributed by atoms with van der Waals surface area (Å²) in [5.74, 6) is -1.64. The molecule has 1 N–H and O–H groups in total. The molecule has 2 aromatic rings. The fourth-order valence-corrected chi connectivity index (χ4v) is 2.72. The number of ether oxygens (including phenoxy) is 1. The second-order valence-electron chi connectivity index (χ2n) is 4.89. The molecule has 0 aliphatic carbocycles. The first-order valence-corrected chi connectivity index (χ1v) is 9.23. The van der Waals surface area contributed by atoms with Gasteiger partial charge in [0.2, 0.25) is 0 Å². The van der Waals surface area contributed by atoms with Crippen LogP contribution in [0.15, 0.2) is 57.9 Å². The first-order chi connectivity index (χ1) is 12.0. The van der Waals surface area contributed by atoms with Crippen LogP contribution in [0.1, 0.15) is 5.56 Å². The van der Waals surface area contributed by atoms with Gasteiger partial charge in [-0.2, -0.15) is 0 Å². The molecule has 0 saturated carbocycles. The van der Waals surface area contributed by atoms with E-state index in [9.17, 15) is 14.0 Å². The molecule has 0 aliphatic heterocycles. The third-order valence-corrected chi connectivity index (χ3v) is 4.27. The van der Waals surface area contributed by atoms with Crippen LogP contribution in [-0.4, -0.2) is 24.7 Å². The van der Waals surface area contributed by atoms with Crippen molar-refractivity contribution in [1.82, 2.24) is 0 Å². The Morgan fingerprint density at radius 1 is 1.28 bits per heavy atom. The first kappa shape index (κ1) is 19.2. The van der Waals surface area contributed by atoms with Crippen molar-refractivity contribution < 1.29 is 18.7 Å². The zero-order valence-corrected chi connectivity index (χ0v) is 15.7. The highest BCUT2D eigenvalue weighted by molar-refractivity contribution is 9.10. The molecule has 0 radical (unpaired) electrons. The van der Waals surface area contributed by atoms with E-state index in [1.165, 1.54) is 18.2 Å². The number of carbonyl (C=O) groups excluding carboxylic acids is 2. The Kier molecular flexibility index (Phi) is 7.21. The van der Waals surface area contributed by atoms with Crippen LogP contribution < -0.4 is 5.32 Å². The Labute approximate surface area is 157 Å². The van der Waals surface area contributed by atoms with Crippen LogP contribution in [0.5, 0.6) is 0 Å². The third kappa shape index (κ3) is 6.36. The van der Waals surface area contributed by atoms with Crippen molar-refractivity contribution in [1.29, 1.82) is 0 Å². The first-order valence-electron chi connectivity index (χ1n) is 7.22. The van der Waals surface area contributed by atoms with E-state index in [0.717, 1.165) is 11.0 Å². The summed E-state index contributed by atoms with van der Waals surface area (Å²) in [5, 5.41) is 2.64. The minimum atomic E-state index is -0.729. The number of thioether (sulfide) groups is 1. The van der Waals surface area contributed by atoms with Gasteiger partial charge in [-0.3, -0.25) is 4.79 Å². The maximum absolute atomic E-state index is 13.5. The lowest BCUT2D eigenvalue weighted by atomic mass is 10.2. The molecular weight excluding hydrogens is 409 g/mol. The average molecular weight is 424 g/mol. The third-order valence-electron chi connectivity index (χ3n) is 3.06. The Bertz CT molecular complexity index is 811. The molecule has 0 atom stereocenters. The number of anilines is 1. The Morgan fingerprint density at radius 2 is 2.08 bits per heavy atom. The van der Waals surface area contributed by atoms with Crippen molar-refractivity contribution in [2.24, 2.45) is 0 Å². The minimum Gasteiger partial charge on any atom is -0.452 e. The summed E-state index contributed by atoms with van der Waals surface area (Å²) < 4.78 is 19.1. The summed E-state index contributed by atoms with van der Waals surface area (Å²) in [6, 6.07) is 11.7. The monoisotopic (exact) mass is 423 g/mol. The van der Waals surface area contributed by atoms with Crippen molar-refractivity contribution in [3.8, 4) is 0 Å². The van der Waals surface area contributed by atoms with Crippen molar-refractivity contribution in [2.75, 3.05) is 18.2 Å². The molecule has 2 rings (SSSR count). The van der Waals surface area contributed by atoms with Crippen molar-refractivity contribution in [2.45, 2.75) is 4.90 Å². The molecule has 25 heavy (non-hydrogen) atoms. The summed E-state index contributed by atoms with van der Waals surface area (Å²) >= 11 is 4.78. The van der Waals surface area contributed by atoms with Gasteiger partial charge in [-0.1, -0.05) is 22.0 Å². The van der Waals surface area contributed by atoms with Crippen molar-refractivity contribution >= 4 is 51.3 Å². The largest absolute Gasteiger partial charge is 0.452 e. The van der Waals surface area contributed by atoms with E-state index in [2.05, 4.69) is 21.2 Å². The second kappa shape index (κ2) is 9.39. The molecule has 0 heterocycles. The van der Waals surface area contributed by atoms with E-state index >= 15 is 0 Å². The standard InChI is InChI=1S/C18H15BrFNO3S/c1-25-15-4-2-3-14(10-15)21-17(22)11-24-18(23)8-5-12-9-13(19)6-7-16(12)20/h2-10H,11H2,1H3,(H,21,22)/b8-5+. The molecule has 0 saturated heterocycles. The zero-order chi connectivity index (χ0) is 18.2. The molecule has 7 heteroatoms. The maximum atomic E-state index is 13.5. The van der Waals surface area contributed by atoms with Crippen LogP contribution in [0.4, 0.5) is 10.1 Å². The molecule has 1 amide bonds. The molecule has 130 valence electrons. The van der Waals surface area contributed by atoms with Crippen molar-refractivity contribution in [3.05, 3.63) is 64.4 Å². The lowest BCUT2D eigenvalue weighted by Gasteiger charge is -2.06. The highest BCUT2D eigenvalue weighted by Gasteiger charge is 2.07. The van der Waals surface area contributed by atoms with Gasteiger partial charge in [-0.25, -0.2) is 9.18 Å². The fraction of sp³-hybridized carbons (Fsp3) is 0.111. The highest BCUT2D eigenvalue weighted by atomic mass is 79.9. The molecule has 0 spiro atoms. The summed E-state index contributed by atoms with van der Waals surface area (Å²) in [5.41, 5.74) is 0.865. The number of halogens is 2. The van der Waals surface area contributed by atoms with E-state index in [1.807, 2.05) is 24.5 Å². The number of rotatable bonds is 6. The van der Waals surface area contributed by atoms with Crippen LogP contribution in [-0.2, 0) is 14.3 Å². The number of esters is 1. The molecule has 0 unspecified atom stereocenters. The Balaban J connectivity index is 1.85. The van der Waals surface area contributed by atoms with Gasteiger partial charge in [0.1, 0.15) is 5.82 Å². The quantitative estimate of drug-likeness (QED) is 0.422. The van der Waals surface area contributed by atoms with E-state index < -0.39 is 24.3 Å². The Hall–Kier alpha value is -2.12. The number of carbonyl (C=O) groups is 2. The second-order valence-corrected chi connectivity index (χ2v) is 6.68. The fourth-order valence-electron chi connectivity index (χ4n) is 1.88. The lowest BCUT2D eigenvalue weighted by Crippen LogP contribution is -2.20. The highest BCUT2D eigenvalue weighted by Crippen LogP contribution is 2.19. The normalized spacial score (nSPS) is 10.7. The molecule has 0 bridgehead atoms. The molecule has 0 aliphatic rings. The molecular formula is C18H15BrFNO3S.